The fraction of sp³-hybridized carbons (Fsp3) is 0.571. The summed E-state index contributed by atoms with van der Waals surface area (Å²) in [5.41, 5.74) is 1.53. The van der Waals surface area contributed by atoms with Crippen LogP contribution in [0.25, 0.3) is 0 Å². The first-order valence-electron chi connectivity index (χ1n) is 6.17. The number of carbonyl (C=O) groups excluding carboxylic acids is 1. The number of rotatable bonds is 4. The molecule has 0 fully saturated rings. The predicted octanol–water partition coefficient (Wildman–Crippen LogP) is 2.83. The van der Waals surface area contributed by atoms with Crippen LogP contribution >= 0.6 is 0 Å². The Hall–Kier alpha value is -1.76. The molecule has 1 heterocycles. The second-order valence-electron chi connectivity index (χ2n) is 4.59. The lowest BCUT2D eigenvalue weighted by Crippen LogP contribution is -2.34. The maximum Gasteiger partial charge on any atom is 0.257 e. The summed E-state index contributed by atoms with van der Waals surface area (Å²) >= 11 is 0. The number of carbonyl (C=O) groups is 1. The average Bonchev–Trinajstić information content (AvgIpc) is 2.59. The second kappa shape index (κ2) is 5.72. The Morgan fingerprint density at radius 2 is 2.00 bits per heavy atom. The minimum Gasteiger partial charge on any atom is -0.466 e. The molecule has 0 aliphatic heterocycles. The van der Waals surface area contributed by atoms with Crippen molar-refractivity contribution in [2.24, 2.45) is 5.92 Å². The Morgan fingerprint density at radius 1 is 1.39 bits per heavy atom. The van der Waals surface area contributed by atoms with Crippen molar-refractivity contribution in [1.29, 1.82) is 5.26 Å². The second-order valence-corrected chi connectivity index (χ2v) is 4.59. The fourth-order valence-electron chi connectivity index (χ4n) is 1.99. The SMILES string of the molecule is CCN(CC(C)C#N)C(=O)c1c(C)oc(C)c1C. The van der Waals surface area contributed by atoms with Gasteiger partial charge in [0.05, 0.1) is 17.6 Å². The smallest absolute Gasteiger partial charge is 0.257 e. The van der Waals surface area contributed by atoms with Gasteiger partial charge in [-0.3, -0.25) is 4.79 Å². The van der Waals surface area contributed by atoms with Gasteiger partial charge in [0.15, 0.2) is 0 Å². The molecule has 0 aliphatic carbocycles. The topological polar surface area (TPSA) is 57.2 Å². The number of furan rings is 1. The number of nitrogens with zero attached hydrogens (tertiary/aromatic N) is 2. The van der Waals surface area contributed by atoms with E-state index >= 15 is 0 Å². The highest BCUT2D eigenvalue weighted by Crippen LogP contribution is 2.22. The molecular weight excluding hydrogens is 228 g/mol. The van der Waals surface area contributed by atoms with Crippen molar-refractivity contribution < 1.29 is 9.21 Å². The summed E-state index contributed by atoms with van der Waals surface area (Å²) in [4.78, 5) is 14.1. The molecule has 0 aromatic carbocycles. The third kappa shape index (κ3) is 2.73. The van der Waals surface area contributed by atoms with Crippen LogP contribution in [0.1, 0.15) is 41.3 Å². The van der Waals surface area contributed by atoms with Gasteiger partial charge in [0.2, 0.25) is 0 Å². The lowest BCUT2D eigenvalue weighted by atomic mass is 10.1. The van der Waals surface area contributed by atoms with Crippen LogP contribution in [-0.2, 0) is 0 Å². The Bertz CT molecular complexity index is 483. The molecule has 1 unspecified atom stereocenters. The van der Waals surface area contributed by atoms with Gasteiger partial charge in [-0.1, -0.05) is 0 Å². The van der Waals surface area contributed by atoms with E-state index in [9.17, 15) is 4.79 Å². The molecular formula is C14H20N2O2. The van der Waals surface area contributed by atoms with E-state index in [2.05, 4.69) is 6.07 Å². The van der Waals surface area contributed by atoms with E-state index < -0.39 is 0 Å². The maximum absolute atomic E-state index is 12.4. The van der Waals surface area contributed by atoms with Crippen LogP contribution in [-0.4, -0.2) is 23.9 Å². The van der Waals surface area contributed by atoms with Gasteiger partial charge in [-0.15, -0.1) is 0 Å². The molecule has 0 radical (unpaired) electrons. The Balaban J connectivity index is 3.01. The minimum atomic E-state index is -0.164. The molecule has 1 rings (SSSR count). The molecule has 1 atom stereocenters. The van der Waals surface area contributed by atoms with Gasteiger partial charge in [-0.2, -0.15) is 5.26 Å². The zero-order chi connectivity index (χ0) is 13.9. The van der Waals surface area contributed by atoms with Crippen LogP contribution in [0.3, 0.4) is 0 Å². The molecule has 1 aromatic heterocycles. The van der Waals surface area contributed by atoms with E-state index in [1.807, 2.05) is 27.7 Å². The molecule has 0 bridgehead atoms. The van der Waals surface area contributed by atoms with Crippen molar-refractivity contribution in [3.63, 3.8) is 0 Å². The van der Waals surface area contributed by atoms with Gasteiger partial charge >= 0.3 is 0 Å². The summed E-state index contributed by atoms with van der Waals surface area (Å²) in [7, 11) is 0. The fourth-order valence-corrected chi connectivity index (χ4v) is 1.99. The van der Waals surface area contributed by atoms with E-state index in [0.29, 0.717) is 24.4 Å². The largest absolute Gasteiger partial charge is 0.466 e. The standard InChI is InChI=1S/C14H20N2O2/c1-6-16(8-9(2)7-15)14(17)13-10(3)11(4)18-12(13)5/h9H,6,8H2,1-5H3. The predicted molar refractivity (Wildman–Crippen MR) is 69.3 cm³/mol. The molecule has 4 nitrogen and oxygen atoms in total. The van der Waals surface area contributed by atoms with Crippen molar-refractivity contribution in [2.45, 2.75) is 34.6 Å². The molecule has 0 N–H and O–H groups in total. The summed E-state index contributed by atoms with van der Waals surface area (Å²) < 4.78 is 5.48. The quantitative estimate of drug-likeness (QED) is 0.823. The molecule has 0 spiro atoms. The number of nitriles is 1. The molecule has 18 heavy (non-hydrogen) atoms. The molecule has 0 saturated carbocycles. The Labute approximate surface area is 108 Å². The molecule has 1 aromatic rings. The van der Waals surface area contributed by atoms with Gasteiger partial charge in [0.25, 0.3) is 5.91 Å². The molecule has 4 heteroatoms. The normalized spacial score (nSPS) is 12.0. The van der Waals surface area contributed by atoms with Gasteiger partial charge in [-0.25, -0.2) is 0 Å². The monoisotopic (exact) mass is 248 g/mol. The Kier molecular flexibility index (Phi) is 4.55. The first kappa shape index (κ1) is 14.3. The highest BCUT2D eigenvalue weighted by molar-refractivity contribution is 5.96. The number of aryl methyl sites for hydroxylation is 2. The summed E-state index contributed by atoms with van der Waals surface area (Å²) in [5, 5.41) is 8.84. The number of hydrogen-bond acceptors (Lipinski definition) is 3. The van der Waals surface area contributed by atoms with Crippen LogP contribution < -0.4 is 0 Å². The van der Waals surface area contributed by atoms with E-state index in [1.54, 1.807) is 11.8 Å². The van der Waals surface area contributed by atoms with Crippen LogP contribution in [0, 0.1) is 38.0 Å². The van der Waals surface area contributed by atoms with Gasteiger partial charge in [0.1, 0.15) is 11.5 Å². The lowest BCUT2D eigenvalue weighted by molar-refractivity contribution is 0.0750. The van der Waals surface area contributed by atoms with Gasteiger partial charge in [-0.05, 0) is 34.6 Å². The van der Waals surface area contributed by atoms with Crippen molar-refractivity contribution in [1.82, 2.24) is 4.90 Å². The van der Waals surface area contributed by atoms with Crippen LogP contribution in [0.4, 0.5) is 0 Å². The van der Waals surface area contributed by atoms with Crippen molar-refractivity contribution in [3.05, 3.63) is 22.6 Å². The maximum atomic E-state index is 12.4. The Morgan fingerprint density at radius 3 is 2.39 bits per heavy atom. The zero-order valence-corrected chi connectivity index (χ0v) is 11.7. The number of amides is 1. The zero-order valence-electron chi connectivity index (χ0n) is 11.7. The van der Waals surface area contributed by atoms with Gasteiger partial charge in [0, 0.05) is 18.7 Å². The molecule has 98 valence electrons. The highest BCUT2D eigenvalue weighted by atomic mass is 16.3. The van der Waals surface area contributed by atoms with Crippen LogP contribution in [0.15, 0.2) is 4.42 Å². The third-order valence-corrected chi connectivity index (χ3v) is 3.16. The first-order valence-corrected chi connectivity index (χ1v) is 6.17. The van der Waals surface area contributed by atoms with E-state index in [0.717, 1.165) is 11.3 Å². The van der Waals surface area contributed by atoms with Crippen molar-refractivity contribution in [2.75, 3.05) is 13.1 Å². The van der Waals surface area contributed by atoms with Crippen LogP contribution in [0.2, 0.25) is 0 Å². The minimum absolute atomic E-state index is 0.0496. The molecule has 1 amide bonds. The van der Waals surface area contributed by atoms with Crippen molar-refractivity contribution >= 4 is 5.91 Å². The lowest BCUT2D eigenvalue weighted by Gasteiger charge is -2.22. The van der Waals surface area contributed by atoms with Crippen molar-refractivity contribution in [3.8, 4) is 6.07 Å². The van der Waals surface area contributed by atoms with E-state index in [1.165, 1.54) is 0 Å². The van der Waals surface area contributed by atoms with E-state index in [4.69, 9.17) is 9.68 Å². The number of hydrogen-bond donors (Lipinski definition) is 0. The molecule has 0 saturated heterocycles. The average molecular weight is 248 g/mol. The third-order valence-electron chi connectivity index (χ3n) is 3.16. The van der Waals surface area contributed by atoms with E-state index in [-0.39, 0.29) is 11.8 Å². The first-order chi connectivity index (χ1) is 8.42. The summed E-state index contributed by atoms with van der Waals surface area (Å²) in [6.07, 6.45) is 0. The summed E-state index contributed by atoms with van der Waals surface area (Å²) in [5.74, 6) is 1.22. The van der Waals surface area contributed by atoms with Gasteiger partial charge < -0.3 is 9.32 Å². The summed E-state index contributed by atoms with van der Waals surface area (Å²) in [6.45, 7) is 10.3. The highest BCUT2D eigenvalue weighted by Gasteiger charge is 2.23. The van der Waals surface area contributed by atoms with Crippen LogP contribution in [0.5, 0.6) is 0 Å². The molecule has 0 aliphatic rings. The summed E-state index contributed by atoms with van der Waals surface area (Å²) in [6, 6.07) is 2.15.